The van der Waals surface area contributed by atoms with Crippen molar-refractivity contribution < 1.29 is 0 Å². The molecule has 0 spiro atoms. The molecule has 0 radical (unpaired) electrons. The summed E-state index contributed by atoms with van der Waals surface area (Å²) in [7, 11) is 0. The van der Waals surface area contributed by atoms with Crippen LogP contribution < -0.4 is 11.1 Å². The lowest BCUT2D eigenvalue weighted by Crippen LogP contribution is -2.48. The number of nitrogens with one attached hydrogen (secondary N) is 1. The van der Waals surface area contributed by atoms with E-state index in [1.807, 2.05) is 6.20 Å². The summed E-state index contributed by atoms with van der Waals surface area (Å²) in [5.41, 5.74) is 8.79. The number of hydrogen-bond acceptors (Lipinski definition) is 3. The van der Waals surface area contributed by atoms with E-state index >= 15 is 0 Å². The molecule has 118 valence electrons. The molecule has 1 saturated carbocycles. The molecule has 0 amide bonds. The number of nitrogens with zero attached hydrogens (tertiary/aromatic N) is 1. The minimum Gasteiger partial charge on any atom is -0.383 e. The molecule has 1 aliphatic carbocycles. The third-order valence-corrected chi connectivity index (χ3v) is 5.34. The minimum absolute atomic E-state index is 0.0510. The molecule has 1 aromatic heterocycles. The second kappa shape index (κ2) is 6.35. The van der Waals surface area contributed by atoms with Gasteiger partial charge in [-0.15, -0.1) is 0 Å². The molecule has 0 bridgehead atoms. The molecule has 3 heteroatoms. The van der Waals surface area contributed by atoms with Gasteiger partial charge in [-0.05, 0) is 55.2 Å². The number of pyridine rings is 1. The van der Waals surface area contributed by atoms with E-state index in [0.29, 0.717) is 17.8 Å². The van der Waals surface area contributed by atoms with E-state index in [-0.39, 0.29) is 5.41 Å². The third-order valence-electron chi connectivity index (χ3n) is 5.34. The Balaban J connectivity index is 2.36. The summed E-state index contributed by atoms with van der Waals surface area (Å²) in [6.45, 7) is 12.5. The lowest BCUT2D eigenvalue weighted by Gasteiger charge is -2.45. The van der Waals surface area contributed by atoms with Crippen LogP contribution in [0.25, 0.3) is 0 Å². The van der Waals surface area contributed by atoms with Crippen molar-refractivity contribution in [3.63, 3.8) is 0 Å². The summed E-state index contributed by atoms with van der Waals surface area (Å²) >= 11 is 0. The van der Waals surface area contributed by atoms with Crippen LogP contribution in [-0.2, 0) is 5.41 Å². The van der Waals surface area contributed by atoms with Gasteiger partial charge < -0.3 is 11.1 Å². The molecule has 0 aliphatic heterocycles. The molecule has 2 rings (SSSR count). The zero-order valence-electron chi connectivity index (χ0n) is 14.2. The highest BCUT2D eigenvalue weighted by atomic mass is 14.9. The summed E-state index contributed by atoms with van der Waals surface area (Å²) in [5.74, 6) is 2.13. The average Bonchev–Trinajstić information content (AvgIpc) is 2.38. The van der Waals surface area contributed by atoms with Gasteiger partial charge in [0.2, 0.25) is 0 Å². The quantitative estimate of drug-likeness (QED) is 0.889. The van der Waals surface area contributed by atoms with Crippen molar-refractivity contribution in [3.05, 3.63) is 23.4 Å². The molecule has 1 heterocycles. The second-order valence-corrected chi connectivity index (χ2v) is 7.30. The lowest BCUT2D eigenvalue weighted by atomic mass is 9.63. The highest BCUT2D eigenvalue weighted by Gasteiger charge is 2.41. The molecule has 1 aromatic rings. The number of nitrogen functional groups attached to an aromatic ring is 1. The second-order valence-electron chi connectivity index (χ2n) is 7.30. The Hall–Kier alpha value is -1.09. The molecule has 0 aromatic carbocycles. The minimum atomic E-state index is 0.0510. The maximum absolute atomic E-state index is 6.23. The van der Waals surface area contributed by atoms with Gasteiger partial charge in [0.05, 0.1) is 0 Å². The first-order valence-corrected chi connectivity index (χ1v) is 8.32. The van der Waals surface area contributed by atoms with Crippen LogP contribution in [0.2, 0.25) is 0 Å². The maximum Gasteiger partial charge on any atom is 0.127 e. The van der Waals surface area contributed by atoms with Gasteiger partial charge >= 0.3 is 0 Å². The molecule has 0 saturated heterocycles. The number of nitrogens with two attached hydrogens (primary N) is 1. The van der Waals surface area contributed by atoms with Crippen LogP contribution in [0.5, 0.6) is 0 Å². The smallest absolute Gasteiger partial charge is 0.127 e. The fourth-order valence-corrected chi connectivity index (χ4v) is 4.34. The Labute approximate surface area is 129 Å². The fourth-order valence-electron chi connectivity index (χ4n) is 4.34. The van der Waals surface area contributed by atoms with Crippen LogP contribution in [0.4, 0.5) is 5.82 Å². The Kier molecular flexibility index (Phi) is 4.92. The zero-order valence-corrected chi connectivity index (χ0v) is 14.2. The third kappa shape index (κ3) is 3.23. The first-order chi connectivity index (χ1) is 9.87. The van der Waals surface area contributed by atoms with E-state index in [0.717, 1.165) is 12.5 Å². The van der Waals surface area contributed by atoms with Crippen LogP contribution in [0.1, 0.15) is 58.1 Å². The highest BCUT2D eigenvalue weighted by molar-refractivity contribution is 5.49. The van der Waals surface area contributed by atoms with E-state index in [4.69, 9.17) is 5.73 Å². The lowest BCUT2D eigenvalue weighted by molar-refractivity contribution is 0.147. The Morgan fingerprint density at radius 2 is 2.10 bits per heavy atom. The van der Waals surface area contributed by atoms with Crippen molar-refractivity contribution in [3.8, 4) is 0 Å². The van der Waals surface area contributed by atoms with E-state index in [9.17, 15) is 0 Å². The predicted molar refractivity (Wildman–Crippen MR) is 90.4 cm³/mol. The summed E-state index contributed by atoms with van der Waals surface area (Å²) in [6, 6.07) is 2.66. The fraction of sp³-hybridized carbons (Fsp3) is 0.722. The summed E-state index contributed by atoms with van der Waals surface area (Å²) in [5, 5.41) is 3.72. The molecule has 1 aliphatic rings. The Bertz CT molecular complexity index is 461. The largest absolute Gasteiger partial charge is 0.383 e. The maximum atomic E-state index is 6.23. The van der Waals surface area contributed by atoms with Gasteiger partial charge in [0.25, 0.3) is 0 Å². The normalized spacial score (nSPS) is 26.8. The molecular weight excluding hydrogens is 258 g/mol. The first-order valence-electron chi connectivity index (χ1n) is 8.32. The van der Waals surface area contributed by atoms with Crippen LogP contribution >= 0.6 is 0 Å². The molecule has 1 fully saturated rings. The van der Waals surface area contributed by atoms with E-state index < -0.39 is 0 Å². The summed E-state index contributed by atoms with van der Waals surface area (Å²) < 4.78 is 0. The molecule has 21 heavy (non-hydrogen) atoms. The summed E-state index contributed by atoms with van der Waals surface area (Å²) in [4.78, 5) is 4.34. The van der Waals surface area contributed by atoms with Gasteiger partial charge in [-0.25, -0.2) is 4.98 Å². The van der Waals surface area contributed by atoms with Crippen molar-refractivity contribution in [2.24, 2.45) is 11.8 Å². The molecular formula is C18H31N3. The van der Waals surface area contributed by atoms with Crippen molar-refractivity contribution in [1.29, 1.82) is 0 Å². The van der Waals surface area contributed by atoms with Crippen LogP contribution in [0, 0.1) is 18.8 Å². The average molecular weight is 289 g/mol. The van der Waals surface area contributed by atoms with Crippen LogP contribution in [0.15, 0.2) is 12.3 Å². The molecule has 3 nitrogen and oxygen atoms in total. The summed E-state index contributed by atoms with van der Waals surface area (Å²) in [6.07, 6.45) is 5.66. The topological polar surface area (TPSA) is 50.9 Å². The van der Waals surface area contributed by atoms with Gasteiger partial charge in [0, 0.05) is 17.8 Å². The highest BCUT2D eigenvalue weighted by Crippen LogP contribution is 2.44. The predicted octanol–water partition coefficient (Wildman–Crippen LogP) is 3.66. The SMILES string of the molecule is CCNC1CC(C)CCC1C(C)(C)c1c(C)ccnc1N. The van der Waals surface area contributed by atoms with Gasteiger partial charge in [-0.1, -0.05) is 34.1 Å². The van der Waals surface area contributed by atoms with Crippen molar-refractivity contribution in [2.75, 3.05) is 12.3 Å². The number of aromatic nitrogens is 1. The van der Waals surface area contributed by atoms with Gasteiger partial charge in [-0.3, -0.25) is 0 Å². The van der Waals surface area contributed by atoms with Gasteiger partial charge in [-0.2, -0.15) is 0 Å². The number of hydrogen-bond donors (Lipinski definition) is 2. The standard InChI is InChI=1S/C18H31N3/c1-6-20-15-11-12(2)7-8-14(15)18(4,5)16-13(3)9-10-21-17(16)19/h9-10,12,14-15,20H,6-8,11H2,1-5H3,(H2,19,21). The Morgan fingerprint density at radius 1 is 1.38 bits per heavy atom. The molecule has 3 N–H and O–H groups in total. The number of anilines is 1. The molecule has 3 unspecified atom stereocenters. The first kappa shape index (κ1) is 16.3. The van der Waals surface area contributed by atoms with Crippen molar-refractivity contribution >= 4 is 5.82 Å². The van der Waals surface area contributed by atoms with Crippen LogP contribution in [0.3, 0.4) is 0 Å². The van der Waals surface area contributed by atoms with Crippen molar-refractivity contribution in [2.45, 2.75) is 65.3 Å². The van der Waals surface area contributed by atoms with Crippen molar-refractivity contribution in [1.82, 2.24) is 10.3 Å². The number of aryl methyl sites for hydroxylation is 1. The van der Waals surface area contributed by atoms with Gasteiger partial charge in [0.1, 0.15) is 5.82 Å². The Morgan fingerprint density at radius 3 is 2.71 bits per heavy atom. The molecule has 3 atom stereocenters. The van der Waals surface area contributed by atoms with E-state index in [2.05, 4.69) is 51.0 Å². The van der Waals surface area contributed by atoms with Gasteiger partial charge in [0.15, 0.2) is 0 Å². The van der Waals surface area contributed by atoms with E-state index in [1.165, 1.54) is 30.4 Å². The number of rotatable bonds is 4. The van der Waals surface area contributed by atoms with E-state index in [1.54, 1.807) is 0 Å². The van der Waals surface area contributed by atoms with Crippen LogP contribution in [-0.4, -0.2) is 17.6 Å². The zero-order chi connectivity index (χ0) is 15.6. The monoisotopic (exact) mass is 289 g/mol.